The molecule has 0 unspecified atom stereocenters. The molecule has 0 saturated heterocycles. The third-order valence-electron chi connectivity index (χ3n) is 1.09. The highest BCUT2D eigenvalue weighted by atomic mass is 35.5. The quantitative estimate of drug-likeness (QED) is 0.454. The third-order valence-corrected chi connectivity index (χ3v) is 1.55. The van der Waals surface area contributed by atoms with Crippen molar-refractivity contribution in [3.63, 3.8) is 0 Å². The Morgan fingerprint density at radius 1 is 1.71 bits per heavy atom. The molecule has 0 aromatic rings. The van der Waals surface area contributed by atoms with Gasteiger partial charge in [-0.25, -0.2) is 0 Å². The Labute approximate surface area is 48.5 Å². The SMILES string of the molecule is CC1=C(Cl)CC=C1. The molecule has 0 aromatic heterocycles. The minimum atomic E-state index is 0.938. The average molecular weight is 115 g/mol. The van der Waals surface area contributed by atoms with E-state index in [1.54, 1.807) is 0 Å². The van der Waals surface area contributed by atoms with Gasteiger partial charge in [0, 0.05) is 11.5 Å². The van der Waals surface area contributed by atoms with E-state index in [9.17, 15) is 0 Å². The van der Waals surface area contributed by atoms with Gasteiger partial charge in [-0.2, -0.15) is 0 Å². The fourth-order valence-electron chi connectivity index (χ4n) is 0.591. The topological polar surface area (TPSA) is 0 Å². The summed E-state index contributed by atoms with van der Waals surface area (Å²) in [4.78, 5) is 0. The maximum Gasteiger partial charge on any atom is 0.0247 e. The van der Waals surface area contributed by atoms with Crippen molar-refractivity contribution >= 4 is 11.6 Å². The van der Waals surface area contributed by atoms with Crippen LogP contribution in [-0.4, -0.2) is 0 Å². The van der Waals surface area contributed by atoms with Crippen LogP contribution in [0.2, 0.25) is 0 Å². The van der Waals surface area contributed by atoms with Crippen LogP contribution in [0.15, 0.2) is 22.8 Å². The van der Waals surface area contributed by atoms with Gasteiger partial charge in [-0.3, -0.25) is 0 Å². The van der Waals surface area contributed by atoms with Crippen molar-refractivity contribution in [2.75, 3.05) is 0 Å². The van der Waals surface area contributed by atoms with E-state index in [-0.39, 0.29) is 0 Å². The molecule has 7 heavy (non-hydrogen) atoms. The standard InChI is InChI=1S/C6H7Cl/c1-5-3-2-4-6(5)7/h2-3H,4H2,1H3. The van der Waals surface area contributed by atoms with Crippen LogP contribution in [0.3, 0.4) is 0 Å². The number of hydrogen-bond donors (Lipinski definition) is 0. The summed E-state index contributed by atoms with van der Waals surface area (Å²) >= 11 is 5.68. The first-order valence-corrected chi connectivity index (χ1v) is 2.70. The molecule has 0 bridgehead atoms. The summed E-state index contributed by atoms with van der Waals surface area (Å²) in [7, 11) is 0. The van der Waals surface area contributed by atoms with Crippen LogP contribution in [0.25, 0.3) is 0 Å². The zero-order valence-electron chi connectivity index (χ0n) is 4.24. The van der Waals surface area contributed by atoms with Gasteiger partial charge < -0.3 is 0 Å². The lowest BCUT2D eigenvalue weighted by atomic mass is 10.3. The van der Waals surface area contributed by atoms with Gasteiger partial charge in [-0.15, -0.1) is 0 Å². The van der Waals surface area contributed by atoms with Crippen molar-refractivity contribution in [3.05, 3.63) is 22.8 Å². The predicted molar refractivity (Wildman–Crippen MR) is 32.3 cm³/mol. The molecule has 0 atom stereocenters. The summed E-state index contributed by atoms with van der Waals surface area (Å²) in [6.07, 6.45) is 5.05. The lowest BCUT2D eigenvalue weighted by Crippen LogP contribution is -1.63. The molecule has 1 rings (SSSR count). The summed E-state index contributed by atoms with van der Waals surface area (Å²) in [6.45, 7) is 2.02. The van der Waals surface area contributed by atoms with Gasteiger partial charge in [0.1, 0.15) is 0 Å². The monoisotopic (exact) mass is 114 g/mol. The molecule has 0 heterocycles. The number of halogens is 1. The van der Waals surface area contributed by atoms with Crippen LogP contribution in [0, 0.1) is 0 Å². The van der Waals surface area contributed by atoms with Crippen molar-refractivity contribution in [1.29, 1.82) is 0 Å². The zero-order chi connectivity index (χ0) is 5.28. The summed E-state index contributed by atoms with van der Waals surface area (Å²) in [5.41, 5.74) is 1.21. The molecule has 0 radical (unpaired) electrons. The highest BCUT2D eigenvalue weighted by molar-refractivity contribution is 6.30. The van der Waals surface area contributed by atoms with Gasteiger partial charge in [0.25, 0.3) is 0 Å². The molecule has 0 spiro atoms. The van der Waals surface area contributed by atoms with E-state index in [1.807, 2.05) is 13.0 Å². The summed E-state index contributed by atoms with van der Waals surface area (Å²) in [5, 5.41) is 0.986. The molecule has 1 aliphatic carbocycles. The molecule has 0 fully saturated rings. The largest absolute Gasteiger partial charge is 0.0885 e. The lowest BCUT2D eigenvalue weighted by molar-refractivity contribution is 1.37. The second-order valence-electron chi connectivity index (χ2n) is 1.69. The van der Waals surface area contributed by atoms with Crippen LogP contribution >= 0.6 is 11.6 Å². The Kier molecular flexibility index (Phi) is 1.20. The van der Waals surface area contributed by atoms with E-state index >= 15 is 0 Å². The van der Waals surface area contributed by atoms with E-state index in [1.165, 1.54) is 5.57 Å². The Morgan fingerprint density at radius 2 is 2.43 bits per heavy atom. The number of hydrogen-bond acceptors (Lipinski definition) is 0. The van der Waals surface area contributed by atoms with Crippen molar-refractivity contribution < 1.29 is 0 Å². The van der Waals surface area contributed by atoms with E-state index in [0.29, 0.717) is 0 Å². The van der Waals surface area contributed by atoms with E-state index in [0.717, 1.165) is 11.5 Å². The van der Waals surface area contributed by atoms with E-state index < -0.39 is 0 Å². The average Bonchev–Trinajstić information content (AvgIpc) is 1.91. The van der Waals surface area contributed by atoms with Crippen molar-refractivity contribution in [1.82, 2.24) is 0 Å². The highest BCUT2D eigenvalue weighted by Crippen LogP contribution is 2.20. The Balaban J connectivity index is 2.79. The Morgan fingerprint density at radius 3 is 2.57 bits per heavy atom. The van der Waals surface area contributed by atoms with Crippen molar-refractivity contribution in [2.24, 2.45) is 0 Å². The van der Waals surface area contributed by atoms with Crippen LogP contribution in [0.4, 0.5) is 0 Å². The Hall–Kier alpha value is -0.230. The molecule has 1 aliphatic rings. The second-order valence-corrected chi connectivity index (χ2v) is 2.15. The second kappa shape index (κ2) is 1.71. The maximum absolute atomic E-state index is 5.68. The van der Waals surface area contributed by atoms with Crippen molar-refractivity contribution in [3.8, 4) is 0 Å². The normalized spacial score (nSPS) is 19.1. The fourth-order valence-corrected chi connectivity index (χ4v) is 0.743. The molecule has 0 aromatic carbocycles. The predicted octanol–water partition coefficient (Wildman–Crippen LogP) is 2.46. The summed E-state index contributed by atoms with van der Waals surface area (Å²) in [5.74, 6) is 0. The molecule has 0 nitrogen and oxygen atoms in total. The lowest BCUT2D eigenvalue weighted by Gasteiger charge is -1.84. The molecule has 0 aliphatic heterocycles. The molecule has 0 amide bonds. The van der Waals surface area contributed by atoms with E-state index in [4.69, 9.17) is 11.6 Å². The van der Waals surface area contributed by atoms with Gasteiger partial charge in [-0.05, 0) is 12.5 Å². The van der Waals surface area contributed by atoms with Crippen LogP contribution in [-0.2, 0) is 0 Å². The van der Waals surface area contributed by atoms with E-state index in [2.05, 4.69) is 6.08 Å². The molecule has 38 valence electrons. The highest BCUT2D eigenvalue weighted by Gasteiger charge is 1.98. The fraction of sp³-hybridized carbons (Fsp3) is 0.333. The van der Waals surface area contributed by atoms with Crippen LogP contribution < -0.4 is 0 Å². The number of allylic oxidation sites excluding steroid dienone is 4. The molecule has 0 saturated carbocycles. The minimum absolute atomic E-state index is 0.938. The number of rotatable bonds is 0. The van der Waals surface area contributed by atoms with Gasteiger partial charge >= 0.3 is 0 Å². The first-order valence-electron chi connectivity index (χ1n) is 2.32. The first kappa shape index (κ1) is 4.92. The molecule has 0 N–H and O–H groups in total. The van der Waals surface area contributed by atoms with Crippen molar-refractivity contribution in [2.45, 2.75) is 13.3 Å². The summed E-state index contributed by atoms with van der Waals surface area (Å²) < 4.78 is 0. The smallest absolute Gasteiger partial charge is 0.0247 e. The van der Waals surface area contributed by atoms with Gasteiger partial charge in [-0.1, -0.05) is 23.8 Å². The minimum Gasteiger partial charge on any atom is -0.0885 e. The zero-order valence-corrected chi connectivity index (χ0v) is 5.00. The van der Waals surface area contributed by atoms with Gasteiger partial charge in [0.2, 0.25) is 0 Å². The summed E-state index contributed by atoms with van der Waals surface area (Å²) in [6, 6.07) is 0. The molecular weight excluding hydrogens is 108 g/mol. The van der Waals surface area contributed by atoms with Gasteiger partial charge in [0.15, 0.2) is 0 Å². The third kappa shape index (κ3) is 0.859. The maximum atomic E-state index is 5.68. The van der Waals surface area contributed by atoms with Gasteiger partial charge in [0.05, 0.1) is 0 Å². The first-order chi connectivity index (χ1) is 3.30. The van der Waals surface area contributed by atoms with Crippen LogP contribution in [0.1, 0.15) is 13.3 Å². The Bertz CT molecular complexity index is 131. The van der Waals surface area contributed by atoms with Crippen LogP contribution in [0.5, 0.6) is 0 Å². The molecular formula is C6H7Cl. The molecule has 1 heteroatoms.